The molecule has 1 amide bonds. The molecular formula is C24H23N3O3. The third kappa shape index (κ3) is 3.85. The van der Waals surface area contributed by atoms with Crippen molar-refractivity contribution in [3.8, 4) is 11.5 Å². The number of hydrogen-bond acceptors (Lipinski definition) is 4. The Hall–Kier alpha value is -3.80. The van der Waals surface area contributed by atoms with Gasteiger partial charge in [-0.15, -0.1) is 0 Å². The minimum Gasteiger partial charge on any atom is -0.493 e. The fourth-order valence-electron chi connectivity index (χ4n) is 3.58. The van der Waals surface area contributed by atoms with E-state index in [1.807, 2.05) is 24.3 Å². The van der Waals surface area contributed by atoms with Crippen molar-refractivity contribution in [2.24, 2.45) is 5.10 Å². The molecule has 0 radical (unpaired) electrons. The topological polar surface area (TPSA) is 64.9 Å². The molecule has 0 unspecified atom stereocenters. The van der Waals surface area contributed by atoms with Gasteiger partial charge in [0.2, 0.25) is 0 Å². The van der Waals surface area contributed by atoms with Crippen LogP contribution in [0.15, 0.2) is 71.8 Å². The standard InChI is InChI=1S/C24H23N3O3/c1-3-27-20-9-5-4-8-18(20)19-14-17(12-13-21(19)27)15-25-26-24(28)16-30-23-11-7-6-10-22(23)29-2/h4-15H,3,16H2,1-2H3,(H,26,28)/b25-15-. The summed E-state index contributed by atoms with van der Waals surface area (Å²) < 4.78 is 13.0. The molecule has 30 heavy (non-hydrogen) atoms. The average molecular weight is 401 g/mol. The summed E-state index contributed by atoms with van der Waals surface area (Å²) in [6.07, 6.45) is 1.64. The fraction of sp³-hybridized carbons (Fsp3) is 0.167. The summed E-state index contributed by atoms with van der Waals surface area (Å²) in [6.45, 7) is 2.89. The molecule has 1 N–H and O–H groups in total. The van der Waals surface area contributed by atoms with Crippen LogP contribution in [0.1, 0.15) is 12.5 Å². The zero-order valence-electron chi connectivity index (χ0n) is 17.0. The van der Waals surface area contributed by atoms with Gasteiger partial charge < -0.3 is 14.0 Å². The van der Waals surface area contributed by atoms with Crippen molar-refractivity contribution in [3.05, 3.63) is 72.3 Å². The first-order valence-corrected chi connectivity index (χ1v) is 9.80. The maximum atomic E-state index is 12.0. The second-order valence-corrected chi connectivity index (χ2v) is 6.77. The molecule has 4 aromatic rings. The zero-order chi connectivity index (χ0) is 20.9. The Morgan fingerprint density at radius 2 is 1.73 bits per heavy atom. The smallest absolute Gasteiger partial charge is 0.277 e. The lowest BCUT2D eigenvalue weighted by atomic mass is 10.1. The van der Waals surface area contributed by atoms with Crippen LogP contribution < -0.4 is 14.9 Å². The molecule has 0 fully saturated rings. The van der Waals surface area contributed by atoms with E-state index in [1.165, 1.54) is 21.8 Å². The van der Waals surface area contributed by atoms with Gasteiger partial charge in [0.05, 0.1) is 13.3 Å². The molecule has 0 bridgehead atoms. The van der Waals surface area contributed by atoms with Gasteiger partial charge in [0.25, 0.3) is 5.91 Å². The van der Waals surface area contributed by atoms with Crippen molar-refractivity contribution in [3.63, 3.8) is 0 Å². The molecule has 0 atom stereocenters. The summed E-state index contributed by atoms with van der Waals surface area (Å²) in [4.78, 5) is 12.0. The van der Waals surface area contributed by atoms with Gasteiger partial charge in [-0.3, -0.25) is 4.79 Å². The summed E-state index contributed by atoms with van der Waals surface area (Å²) in [5.74, 6) is 0.742. The van der Waals surface area contributed by atoms with Gasteiger partial charge >= 0.3 is 0 Å². The largest absolute Gasteiger partial charge is 0.493 e. The monoisotopic (exact) mass is 401 g/mol. The van der Waals surface area contributed by atoms with E-state index in [9.17, 15) is 4.79 Å². The lowest BCUT2D eigenvalue weighted by molar-refractivity contribution is -0.123. The number of ether oxygens (including phenoxy) is 2. The lowest BCUT2D eigenvalue weighted by Gasteiger charge is -2.09. The molecule has 3 aromatic carbocycles. The van der Waals surface area contributed by atoms with E-state index in [4.69, 9.17) is 9.47 Å². The van der Waals surface area contributed by atoms with Crippen LogP contribution in [0.25, 0.3) is 21.8 Å². The van der Waals surface area contributed by atoms with E-state index in [2.05, 4.69) is 52.3 Å². The number of methoxy groups -OCH3 is 1. The normalized spacial score (nSPS) is 11.3. The number of hydrazone groups is 1. The molecule has 1 heterocycles. The highest BCUT2D eigenvalue weighted by Gasteiger charge is 2.09. The second-order valence-electron chi connectivity index (χ2n) is 6.77. The van der Waals surface area contributed by atoms with Crippen LogP contribution in [0.2, 0.25) is 0 Å². The van der Waals surface area contributed by atoms with E-state index in [1.54, 1.807) is 25.5 Å². The van der Waals surface area contributed by atoms with E-state index in [0.29, 0.717) is 11.5 Å². The summed E-state index contributed by atoms with van der Waals surface area (Å²) >= 11 is 0. The molecular weight excluding hydrogens is 378 g/mol. The van der Waals surface area contributed by atoms with E-state index < -0.39 is 0 Å². The molecule has 6 nitrogen and oxygen atoms in total. The Kier molecular flexibility index (Phi) is 5.66. The number of carbonyl (C=O) groups excluding carboxylic acids is 1. The average Bonchev–Trinajstić information content (AvgIpc) is 3.11. The number of fused-ring (bicyclic) bond motifs is 3. The first-order chi connectivity index (χ1) is 14.7. The van der Waals surface area contributed by atoms with Crippen LogP contribution in [-0.4, -0.2) is 30.4 Å². The molecule has 0 saturated heterocycles. The highest BCUT2D eigenvalue weighted by atomic mass is 16.5. The van der Waals surface area contributed by atoms with Crippen molar-refractivity contribution in [1.29, 1.82) is 0 Å². The van der Waals surface area contributed by atoms with Crippen LogP contribution in [0.4, 0.5) is 0 Å². The van der Waals surface area contributed by atoms with E-state index in [0.717, 1.165) is 12.1 Å². The molecule has 0 aliphatic rings. The summed E-state index contributed by atoms with van der Waals surface area (Å²) in [5.41, 5.74) is 5.81. The Balaban J connectivity index is 1.45. The second kappa shape index (κ2) is 8.69. The highest BCUT2D eigenvalue weighted by Crippen LogP contribution is 2.29. The quantitative estimate of drug-likeness (QED) is 0.370. The Labute approximate surface area is 174 Å². The van der Waals surface area contributed by atoms with Gasteiger partial charge in [-0.1, -0.05) is 36.4 Å². The minimum atomic E-state index is -0.346. The molecule has 0 saturated carbocycles. The lowest BCUT2D eigenvalue weighted by Crippen LogP contribution is -2.24. The van der Waals surface area contributed by atoms with Gasteiger partial charge in [0.1, 0.15) is 0 Å². The highest BCUT2D eigenvalue weighted by molar-refractivity contribution is 6.09. The summed E-state index contributed by atoms with van der Waals surface area (Å²) in [5, 5.41) is 6.44. The molecule has 4 rings (SSSR count). The Morgan fingerprint density at radius 3 is 2.53 bits per heavy atom. The minimum absolute atomic E-state index is 0.152. The zero-order valence-corrected chi connectivity index (χ0v) is 17.0. The first kappa shape index (κ1) is 19.5. The van der Waals surface area contributed by atoms with Crippen LogP contribution >= 0.6 is 0 Å². The number of amides is 1. The number of carbonyl (C=O) groups is 1. The van der Waals surface area contributed by atoms with Gasteiger partial charge in [0.15, 0.2) is 18.1 Å². The number of para-hydroxylation sites is 3. The molecule has 1 aromatic heterocycles. The van der Waals surface area contributed by atoms with Crippen LogP contribution in [-0.2, 0) is 11.3 Å². The molecule has 0 spiro atoms. The number of rotatable bonds is 7. The van der Waals surface area contributed by atoms with E-state index >= 15 is 0 Å². The molecule has 0 aliphatic carbocycles. The fourth-order valence-corrected chi connectivity index (χ4v) is 3.58. The predicted octanol–water partition coefficient (Wildman–Crippen LogP) is 4.35. The van der Waals surface area contributed by atoms with Crippen molar-refractivity contribution >= 4 is 33.9 Å². The van der Waals surface area contributed by atoms with Crippen LogP contribution in [0.3, 0.4) is 0 Å². The molecule has 0 aliphatic heterocycles. The number of benzene rings is 3. The van der Waals surface area contributed by atoms with Gasteiger partial charge in [-0.2, -0.15) is 5.10 Å². The van der Waals surface area contributed by atoms with Gasteiger partial charge in [-0.25, -0.2) is 5.43 Å². The maximum Gasteiger partial charge on any atom is 0.277 e. The molecule has 152 valence electrons. The number of hydrogen-bond donors (Lipinski definition) is 1. The first-order valence-electron chi connectivity index (χ1n) is 9.80. The van der Waals surface area contributed by atoms with Crippen molar-refractivity contribution in [2.75, 3.05) is 13.7 Å². The maximum absolute atomic E-state index is 12.0. The number of nitrogens with one attached hydrogen (secondary N) is 1. The van der Waals surface area contributed by atoms with Crippen LogP contribution in [0.5, 0.6) is 11.5 Å². The van der Waals surface area contributed by atoms with Crippen molar-refractivity contribution in [1.82, 2.24) is 9.99 Å². The predicted molar refractivity (Wildman–Crippen MR) is 119 cm³/mol. The van der Waals surface area contributed by atoms with Crippen molar-refractivity contribution < 1.29 is 14.3 Å². The summed E-state index contributed by atoms with van der Waals surface area (Å²) in [7, 11) is 1.56. The Bertz CT molecular complexity index is 1230. The number of aromatic nitrogens is 1. The van der Waals surface area contributed by atoms with E-state index in [-0.39, 0.29) is 12.5 Å². The Morgan fingerprint density at radius 1 is 1.00 bits per heavy atom. The SMILES string of the molecule is CCn1c2ccccc2c2cc(/C=N\NC(=O)COc3ccccc3OC)ccc21. The third-order valence-corrected chi connectivity index (χ3v) is 4.94. The number of nitrogens with zero attached hydrogens (tertiary/aromatic N) is 2. The van der Waals surface area contributed by atoms with Crippen LogP contribution in [0, 0.1) is 0 Å². The van der Waals surface area contributed by atoms with Crippen molar-refractivity contribution in [2.45, 2.75) is 13.5 Å². The third-order valence-electron chi connectivity index (χ3n) is 4.94. The van der Waals surface area contributed by atoms with Gasteiger partial charge in [-0.05, 0) is 42.8 Å². The molecule has 6 heteroatoms. The van der Waals surface area contributed by atoms with Gasteiger partial charge in [0, 0.05) is 28.4 Å². The number of aryl methyl sites for hydroxylation is 1. The summed E-state index contributed by atoms with van der Waals surface area (Å²) in [6, 6.07) is 21.7.